The van der Waals surface area contributed by atoms with Crippen molar-refractivity contribution in [2.24, 2.45) is 11.7 Å². The van der Waals surface area contributed by atoms with Crippen LogP contribution in [0.15, 0.2) is 54.6 Å². The van der Waals surface area contributed by atoms with Crippen LogP contribution < -0.4 is 11.1 Å². The van der Waals surface area contributed by atoms with Crippen LogP contribution in [0.5, 0.6) is 0 Å². The van der Waals surface area contributed by atoms with Gasteiger partial charge in [0.2, 0.25) is 0 Å². The lowest BCUT2D eigenvalue weighted by molar-refractivity contribution is 0.810. The average molecular weight is 252 g/mol. The molecule has 0 bridgehead atoms. The Morgan fingerprint density at radius 1 is 1.05 bits per heavy atom. The van der Waals surface area contributed by atoms with Crippen molar-refractivity contribution in [3.63, 3.8) is 0 Å². The Labute approximate surface area is 114 Å². The summed E-state index contributed by atoms with van der Waals surface area (Å²) in [5, 5.41) is 3.49. The van der Waals surface area contributed by atoms with Crippen LogP contribution in [0.4, 0.5) is 5.69 Å². The predicted octanol–water partition coefficient (Wildman–Crippen LogP) is 3.36. The van der Waals surface area contributed by atoms with Gasteiger partial charge >= 0.3 is 0 Å². The minimum absolute atomic E-state index is 0.684. The van der Waals surface area contributed by atoms with E-state index in [9.17, 15) is 0 Å². The molecular weight excluding hydrogens is 232 g/mol. The van der Waals surface area contributed by atoms with E-state index in [-0.39, 0.29) is 0 Å². The average Bonchev–Trinajstić information content (AvgIpc) is 3.26. The van der Waals surface area contributed by atoms with Crippen LogP contribution in [-0.2, 0) is 6.54 Å². The maximum absolute atomic E-state index is 5.72. The third-order valence-corrected chi connectivity index (χ3v) is 3.88. The topological polar surface area (TPSA) is 38.0 Å². The summed E-state index contributed by atoms with van der Waals surface area (Å²) >= 11 is 0. The quantitative estimate of drug-likeness (QED) is 0.856. The van der Waals surface area contributed by atoms with Gasteiger partial charge in [-0.1, -0.05) is 42.5 Å². The minimum atomic E-state index is 0.684. The Bertz CT molecular complexity index is 536. The molecule has 19 heavy (non-hydrogen) atoms. The molecule has 98 valence electrons. The first-order valence-corrected chi connectivity index (χ1v) is 6.94. The maximum atomic E-state index is 5.72. The van der Waals surface area contributed by atoms with Crippen LogP contribution in [0.3, 0.4) is 0 Å². The van der Waals surface area contributed by atoms with Crippen molar-refractivity contribution in [3.05, 3.63) is 65.7 Å². The second-order valence-corrected chi connectivity index (χ2v) is 5.30. The van der Waals surface area contributed by atoms with Gasteiger partial charge in [0, 0.05) is 12.2 Å². The van der Waals surface area contributed by atoms with Gasteiger partial charge in [0.05, 0.1) is 0 Å². The van der Waals surface area contributed by atoms with E-state index in [0.717, 1.165) is 13.1 Å². The molecule has 2 nitrogen and oxygen atoms in total. The van der Waals surface area contributed by atoms with Crippen molar-refractivity contribution in [1.29, 1.82) is 0 Å². The second kappa shape index (κ2) is 5.45. The lowest BCUT2D eigenvalue weighted by Gasteiger charge is -2.08. The number of nitrogens with two attached hydrogens (primary N) is 1. The standard InChI is InChI=1S/C17H20N2/c18-11-15-10-17(15)14-7-4-8-16(9-14)19-12-13-5-2-1-3-6-13/h1-9,15,17,19H,10-12,18H2/t15-,17-/m0/s1. The first-order valence-electron chi connectivity index (χ1n) is 6.94. The lowest BCUT2D eigenvalue weighted by Crippen LogP contribution is -2.02. The molecule has 2 aromatic carbocycles. The van der Waals surface area contributed by atoms with Gasteiger partial charge in [0.25, 0.3) is 0 Å². The minimum Gasteiger partial charge on any atom is -0.381 e. The fourth-order valence-corrected chi connectivity index (χ4v) is 2.60. The highest BCUT2D eigenvalue weighted by atomic mass is 14.9. The van der Waals surface area contributed by atoms with E-state index < -0.39 is 0 Å². The molecule has 1 fully saturated rings. The first-order chi connectivity index (χ1) is 9.36. The van der Waals surface area contributed by atoms with Gasteiger partial charge in [-0.05, 0) is 48.1 Å². The predicted molar refractivity (Wildman–Crippen MR) is 80.1 cm³/mol. The van der Waals surface area contributed by atoms with Crippen molar-refractivity contribution in [1.82, 2.24) is 0 Å². The summed E-state index contributed by atoms with van der Waals surface area (Å²) in [7, 11) is 0. The molecule has 2 atom stereocenters. The number of benzene rings is 2. The van der Waals surface area contributed by atoms with Gasteiger partial charge in [0.1, 0.15) is 0 Å². The van der Waals surface area contributed by atoms with Crippen molar-refractivity contribution in [3.8, 4) is 0 Å². The molecule has 1 aliphatic rings. The Hall–Kier alpha value is -1.80. The van der Waals surface area contributed by atoms with Crippen molar-refractivity contribution >= 4 is 5.69 Å². The Morgan fingerprint density at radius 3 is 2.63 bits per heavy atom. The highest BCUT2D eigenvalue weighted by molar-refractivity contribution is 5.48. The number of rotatable bonds is 5. The summed E-state index contributed by atoms with van der Waals surface area (Å²) in [6, 6.07) is 19.2. The molecule has 3 N–H and O–H groups in total. The van der Waals surface area contributed by atoms with Gasteiger partial charge in [-0.25, -0.2) is 0 Å². The monoisotopic (exact) mass is 252 g/mol. The molecule has 0 saturated heterocycles. The Balaban J connectivity index is 1.64. The van der Waals surface area contributed by atoms with Crippen molar-refractivity contribution in [2.45, 2.75) is 18.9 Å². The van der Waals surface area contributed by atoms with Gasteiger partial charge in [-0.15, -0.1) is 0 Å². The van der Waals surface area contributed by atoms with E-state index in [1.807, 2.05) is 6.07 Å². The van der Waals surface area contributed by atoms with Crippen LogP contribution in [0.2, 0.25) is 0 Å². The molecule has 0 spiro atoms. The first kappa shape index (κ1) is 12.2. The highest BCUT2D eigenvalue weighted by Gasteiger charge is 2.36. The zero-order valence-corrected chi connectivity index (χ0v) is 11.0. The van der Waals surface area contributed by atoms with Gasteiger partial charge in [-0.3, -0.25) is 0 Å². The molecule has 0 unspecified atom stereocenters. The molecule has 0 aromatic heterocycles. The molecule has 0 radical (unpaired) electrons. The molecule has 2 heteroatoms. The molecule has 0 heterocycles. The smallest absolute Gasteiger partial charge is 0.0400 e. The molecule has 1 aliphatic carbocycles. The van der Waals surface area contributed by atoms with E-state index >= 15 is 0 Å². The lowest BCUT2D eigenvalue weighted by atomic mass is 10.1. The summed E-state index contributed by atoms with van der Waals surface area (Å²) in [5.74, 6) is 1.38. The van der Waals surface area contributed by atoms with E-state index in [4.69, 9.17) is 5.73 Å². The molecule has 1 saturated carbocycles. The van der Waals surface area contributed by atoms with E-state index in [2.05, 4.69) is 53.8 Å². The van der Waals surface area contributed by atoms with Crippen LogP contribution in [0.1, 0.15) is 23.5 Å². The normalized spacial score (nSPS) is 21.1. The fraction of sp³-hybridized carbons (Fsp3) is 0.294. The zero-order valence-electron chi connectivity index (χ0n) is 11.0. The molecular formula is C17H20N2. The third kappa shape index (κ3) is 2.96. The van der Waals surface area contributed by atoms with Crippen LogP contribution in [0.25, 0.3) is 0 Å². The summed E-state index contributed by atoms with van der Waals surface area (Å²) in [4.78, 5) is 0. The number of nitrogens with one attached hydrogen (secondary N) is 1. The van der Waals surface area contributed by atoms with Crippen LogP contribution in [-0.4, -0.2) is 6.54 Å². The van der Waals surface area contributed by atoms with Gasteiger partial charge < -0.3 is 11.1 Å². The molecule has 3 rings (SSSR count). The van der Waals surface area contributed by atoms with Gasteiger partial charge in [-0.2, -0.15) is 0 Å². The highest BCUT2D eigenvalue weighted by Crippen LogP contribution is 2.46. The molecule has 0 aliphatic heterocycles. The largest absolute Gasteiger partial charge is 0.381 e. The van der Waals surface area contributed by atoms with Crippen molar-refractivity contribution in [2.75, 3.05) is 11.9 Å². The van der Waals surface area contributed by atoms with Gasteiger partial charge in [0.15, 0.2) is 0 Å². The summed E-state index contributed by atoms with van der Waals surface area (Å²) in [5.41, 5.74) is 9.65. The number of hydrogen-bond donors (Lipinski definition) is 2. The summed E-state index contributed by atoms with van der Waals surface area (Å²) in [6.07, 6.45) is 1.25. The summed E-state index contributed by atoms with van der Waals surface area (Å²) < 4.78 is 0. The second-order valence-electron chi connectivity index (χ2n) is 5.30. The Kier molecular flexibility index (Phi) is 3.51. The summed E-state index contributed by atoms with van der Waals surface area (Å²) in [6.45, 7) is 1.68. The van der Waals surface area contributed by atoms with Crippen LogP contribution >= 0.6 is 0 Å². The van der Waals surface area contributed by atoms with Crippen molar-refractivity contribution < 1.29 is 0 Å². The SMILES string of the molecule is NC[C@@H]1C[C@H]1c1cccc(NCc2ccccc2)c1. The van der Waals surface area contributed by atoms with E-state index in [0.29, 0.717) is 11.8 Å². The molecule has 2 aromatic rings. The fourth-order valence-electron chi connectivity index (χ4n) is 2.60. The zero-order chi connectivity index (χ0) is 13.1. The Morgan fingerprint density at radius 2 is 1.89 bits per heavy atom. The molecule has 0 amide bonds. The van der Waals surface area contributed by atoms with E-state index in [1.165, 1.54) is 23.2 Å². The third-order valence-electron chi connectivity index (χ3n) is 3.88. The van der Waals surface area contributed by atoms with Crippen LogP contribution in [0, 0.1) is 5.92 Å². The maximum Gasteiger partial charge on any atom is 0.0400 e. The number of hydrogen-bond acceptors (Lipinski definition) is 2. The number of anilines is 1. The van der Waals surface area contributed by atoms with E-state index in [1.54, 1.807) is 0 Å².